The molecule has 0 saturated heterocycles. The van der Waals surface area contributed by atoms with Crippen molar-refractivity contribution in [2.45, 2.75) is 13.5 Å². The molecule has 0 saturated carbocycles. The Morgan fingerprint density at radius 1 is 1.12 bits per heavy atom. The summed E-state index contributed by atoms with van der Waals surface area (Å²) >= 11 is 0. The van der Waals surface area contributed by atoms with E-state index in [1.165, 1.54) is 0 Å². The molecule has 0 aliphatic carbocycles. The van der Waals surface area contributed by atoms with Crippen molar-refractivity contribution in [1.29, 1.82) is 0 Å². The molecule has 1 N–H and O–H groups in total. The van der Waals surface area contributed by atoms with Gasteiger partial charge in [-0.25, -0.2) is 4.79 Å². The standard InChI is InChI=1S/C25H24N2O5/c1-4-31-25(29)24-20-13-23(28)19(16-7-6-10-26-14-16)12-21(20)27(2)22(24)15-32-18-9-5-8-17(11-18)30-3/h5-14,28H,4,15H2,1-3H3. The lowest BCUT2D eigenvalue weighted by atomic mass is 10.0. The maximum atomic E-state index is 12.9. The lowest BCUT2D eigenvalue weighted by Crippen LogP contribution is -2.11. The fourth-order valence-corrected chi connectivity index (χ4v) is 3.72. The summed E-state index contributed by atoms with van der Waals surface area (Å²) in [4.78, 5) is 17.0. The number of hydrogen-bond donors (Lipinski definition) is 1. The smallest absolute Gasteiger partial charge is 0.340 e. The summed E-state index contributed by atoms with van der Waals surface area (Å²) < 4.78 is 18.4. The van der Waals surface area contributed by atoms with Crippen LogP contribution in [0.4, 0.5) is 0 Å². The van der Waals surface area contributed by atoms with Crippen molar-refractivity contribution < 1.29 is 24.1 Å². The van der Waals surface area contributed by atoms with E-state index in [4.69, 9.17) is 14.2 Å². The number of rotatable bonds is 7. The average molecular weight is 432 g/mol. The number of nitrogens with zero attached hydrogens (tertiary/aromatic N) is 2. The van der Waals surface area contributed by atoms with Crippen LogP contribution in [0.1, 0.15) is 23.0 Å². The number of benzene rings is 2. The van der Waals surface area contributed by atoms with E-state index in [1.54, 1.807) is 44.6 Å². The fourth-order valence-electron chi connectivity index (χ4n) is 3.72. The highest BCUT2D eigenvalue weighted by Gasteiger charge is 2.24. The lowest BCUT2D eigenvalue weighted by Gasteiger charge is -2.11. The van der Waals surface area contributed by atoms with Crippen LogP contribution in [0.2, 0.25) is 0 Å². The number of pyridine rings is 1. The van der Waals surface area contributed by atoms with Gasteiger partial charge < -0.3 is 23.9 Å². The summed E-state index contributed by atoms with van der Waals surface area (Å²) in [5.41, 5.74) is 3.19. The van der Waals surface area contributed by atoms with E-state index in [-0.39, 0.29) is 19.0 Å². The third kappa shape index (κ3) is 3.97. The third-order valence-corrected chi connectivity index (χ3v) is 5.31. The Labute approximate surface area is 185 Å². The lowest BCUT2D eigenvalue weighted by molar-refractivity contribution is 0.0525. The number of carbonyl (C=O) groups excluding carboxylic acids is 1. The van der Waals surface area contributed by atoms with Crippen LogP contribution >= 0.6 is 0 Å². The van der Waals surface area contributed by atoms with Gasteiger partial charge in [0.1, 0.15) is 23.9 Å². The number of aryl methyl sites for hydroxylation is 1. The van der Waals surface area contributed by atoms with E-state index < -0.39 is 5.97 Å². The largest absolute Gasteiger partial charge is 0.507 e. The first-order valence-electron chi connectivity index (χ1n) is 10.2. The second kappa shape index (κ2) is 9.01. The Morgan fingerprint density at radius 3 is 2.66 bits per heavy atom. The quantitative estimate of drug-likeness (QED) is 0.426. The topological polar surface area (TPSA) is 82.8 Å². The molecule has 0 bridgehead atoms. The molecule has 164 valence electrons. The third-order valence-electron chi connectivity index (χ3n) is 5.31. The highest BCUT2D eigenvalue weighted by molar-refractivity contribution is 6.07. The molecule has 32 heavy (non-hydrogen) atoms. The zero-order valence-corrected chi connectivity index (χ0v) is 18.2. The molecule has 0 amide bonds. The second-order valence-corrected chi connectivity index (χ2v) is 7.20. The molecule has 0 atom stereocenters. The van der Waals surface area contributed by atoms with Crippen molar-refractivity contribution in [3.8, 4) is 28.4 Å². The van der Waals surface area contributed by atoms with E-state index in [1.807, 2.05) is 41.9 Å². The molecule has 2 aromatic carbocycles. The van der Waals surface area contributed by atoms with Crippen LogP contribution in [0.3, 0.4) is 0 Å². The molecule has 2 heterocycles. The monoisotopic (exact) mass is 432 g/mol. The van der Waals surface area contributed by atoms with Gasteiger partial charge in [0, 0.05) is 47.5 Å². The number of aromatic hydroxyl groups is 1. The van der Waals surface area contributed by atoms with Crippen LogP contribution in [0, 0.1) is 0 Å². The van der Waals surface area contributed by atoms with E-state index in [0.717, 1.165) is 11.1 Å². The Balaban J connectivity index is 1.82. The van der Waals surface area contributed by atoms with Crippen molar-refractivity contribution in [3.63, 3.8) is 0 Å². The zero-order valence-electron chi connectivity index (χ0n) is 18.2. The summed E-state index contributed by atoms with van der Waals surface area (Å²) in [6, 6.07) is 14.4. The van der Waals surface area contributed by atoms with Gasteiger partial charge in [-0.05, 0) is 37.3 Å². The first-order valence-corrected chi connectivity index (χ1v) is 10.2. The average Bonchev–Trinajstić information content (AvgIpc) is 3.08. The normalized spacial score (nSPS) is 10.8. The van der Waals surface area contributed by atoms with Crippen LogP contribution in [0.15, 0.2) is 60.9 Å². The highest BCUT2D eigenvalue weighted by atomic mass is 16.5. The molecule has 7 heteroatoms. The Kier molecular flexibility index (Phi) is 5.98. The van der Waals surface area contributed by atoms with Gasteiger partial charge in [-0.1, -0.05) is 12.1 Å². The summed E-state index contributed by atoms with van der Waals surface area (Å²) in [6.45, 7) is 2.13. The second-order valence-electron chi connectivity index (χ2n) is 7.20. The van der Waals surface area contributed by atoms with Crippen LogP contribution < -0.4 is 9.47 Å². The van der Waals surface area contributed by atoms with Crippen LogP contribution in [0.5, 0.6) is 17.2 Å². The molecule has 7 nitrogen and oxygen atoms in total. The van der Waals surface area contributed by atoms with E-state index in [2.05, 4.69) is 4.98 Å². The predicted octanol–water partition coefficient (Wildman–Crippen LogP) is 4.71. The minimum atomic E-state index is -0.462. The van der Waals surface area contributed by atoms with Crippen LogP contribution in [-0.2, 0) is 18.4 Å². The summed E-state index contributed by atoms with van der Waals surface area (Å²) in [7, 11) is 3.45. The number of phenolic OH excluding ortho intramolecular Hbond substituents is 1. The molecule has 4 rings (SSSR count). The number of carbonyl (C=O) groups is 1. The zero-order chi connectivity index (χ0) is 22.7. The van der Waals surface area contributed by atoms with E-state index in [9.17, 15) is 9.90 Å². The minimum absolute atomic E-state index is 0.0573. The van der Waals surface area contributed by atoms with Crippen LogP contribution in [0.25, 0.3) is 22.0 Å². The predicted molar refractivity (Wildman–Crippen MR) is 121 cm³/mol. The number of phenols is 1. The van der Waals surface area contributed by atoms with Gasteiger partial charge >= 0.3 is 5.97 Å². The van der Waals surface area contributed by atoms with Crippen molar-refractivity contribution >= 4 is 16.9 Å². The molecule has 0 unspecified atom stereocenters. The van der Waals surface area contributed by atoms with Gasteiger partial charge in [0.15, 0.2) is 0 Å². The Bertz CT molecular complexity index is 1260. The Hall–Kier alpha value is -4.00. The number of hydrogen-bond acceptors (Lipinski definition) is 6. The molecular weight excluding hydrogens is 408 g/mol. The number of esters is 1. The van der Waals surface area contributed by atoms with Crippen molar-refractivity contribution in [2.24, 2.45) is 7.05 Å². The maximum absolute atomic E-state index is 12.9. The van der Waals surface area contributed by atoms with Gasteiger partial charge in [-0.2, -0.15) is 0 Å². The highest BCUT2D eigenvalue weighted by Crippen LogP contribution is 2.37. The minimum Gasteiger partial charge on any atom is -0.507 e. The first kappa shape index (κ1) is 21.2. The number of methoxy groups -OCH3 is 1. The summed E-state index contributed by atoms with van der Waals surface area (Å²) in [5.74, 6) is 0.886. The molecule has 0 radical (unpaired) electrons. The number of fused-ring (bicyclic) bond motifs is 1. The van der Waals surface area contributed by atoms with Crippen molar-refractivity contribution in [2.75, 3.05) is 13.7 Å². The molecule has 0 aliphatic heterocycles. The van der Waals surface area contributed by atoms with Gasteiger partial charge in [0.25, 0.3) is 0 Å². The van der Waals surface area contributed by atoms with E-state index in [0.29, 0.717) is 33.7 Å². The van der Waals surface area contributed by atoms with Crippen molar-refractivity contribution in [1.82, 2.24) is 9.55 Å². The summed E-state index contributed by atoms with van der Waals surface area (Å²) in [5, 5.41) is 11.3. The number of ether oxygens (including phenoxy) is 3. The maximum Gasteiger partial charge on any atom is 0.340 e. The molecule has 2 aromatic heterocycles. The summed E-state index contributed by atoms with van der Waals surface area (Å²) in [6.07, 6.45) is 3.36. The van der Waals surface area contributed by atoms with E-state index >= 15 is 0 Å². The SMILES string of the molecule is CCOC(=O)c1c(COc2cccc(OC)c2)n(C)c2cc(-c3cccnc3)c(O)cc12. The number of aromatic nitrogens is 2. The van der Waals surface area contributed by atoms with Gasteiger partial charge in [0.2, 0.25) is 0 Å². The van der Waals surface area contributed by atoms with Gasteiger partial charge in [-0.15, -0.1) is 0 Å². The van der Waals surface area contributed by atoms with Crippen LogP contribution in [-0.4, -0.2) is 34.3 Å². The molecule has 0 spiro atoms. The fraction of sp³-hybridized carbons (Fsp3) is 0.200. The first-order chi connectivity index (χ1) is 15.5. The molecule has 0 fully saturated rings. The van der Waals surface area contributed by atoms with Crippen molar-refractivity contribution in [3.05, 3.63) is 72.2 Å². The molecule has 4 aromatic rings. The molecular formula is C25H24N2O5. The molecule has 0 aliphatic rings. The van der Waals surface area contributed by atoms with Gasteiger partial charge in [-0.3, -0.25) is 4.98 Å². The Morgan fingerprint density at radius 2 is 1.94 bits per heavy atom. The van der Waals surface area contributed by atoms with Gasteiger partial charge in [0.05, 0.1) is 25.0 Å².